The highest BCUT2D eigenvalue weighted by atomic mass is 79.9. The molecule has 98 valence electrons. The minimum atomic E-state index is -0.559. The fourth-order valence-electron chi connectivity index (χ4n) is 1.33. The summed E-state index contributed by atoms with van der Waals surface area (Å²) in [6.45, 7) is 1.93. The maximum Gasteiger partial charge on any atom is 0.284 e. The molecule has 2 N–H and O–H groups in total. The molecule has 0 radical (unpaired) electrons. The van der Waals surface area contributed by atoms with E-state index in [9.17, 15) is 14.9 Å². The Morgan fingerprint density at radius 2 is 2.28 bits per heavy atom. The molecule has 0 aliphatic heterocycles. The van der Waals surface area contributed by atoms with Crippen molar-refractivity contribution in [3.05, 3.63) is 38.3 Å². The minimum Gasteiger partial charge on any atom is -0.393 e. The predicted molar refractivity (Wildman–Crippen MR) is 69.4 cm³/mol. The Balaban J connectivity index is 2.80. The highest BCUT2D eigenvalue weighted by Crippen LogP contribution is 2.28. The number of hydrogen-bond acceptors (Lipinski definition) is 4. The number of rotatable bonds is 5. The summed E-state index contributed by atoms with van der Waals surface area (Å²) in [6, 6.07) is 4.26. The zero-order valence-electron chi connectivity index (χ0n) is 9.72. The van der Waals surface area contributed by atoms with E-state index in [-0.39, 0.29) is 15.7 Å². The van der Waals surface area contributed by atoms with Gasteiger partial charge in [0.2, 0.25) is 0 Å². The Morgan fingerprint density at radius 1 is 1.61 bits per heavy atom. The van der Waals surface area contributed by atoms with E-state index in [2.05, 4.69) is 21.2 Å². The van der Waals surface area contributed by atoms with Gasteiger partial charge in [0, 0.05) is 12.6 Å². The lowest BCUT2D eigenvalue weighted by Gasteiger charge is -2.08. The molecule has 0 bridgehead atoms. The second-order valence-corrected chi connectivity index (χ2v) is 4.58. The lowest BCUT2D eigenvalue weighted by molar-refractivity contribution is -0.385. The number of hydrogen-bond donors (Lipinski definition) is 2. The Labute approximate surface area is 112 Å². The number of carbonyl (C=O) groups is 1. The van der Waals surface area contributed by atoms with E-state index in [0.717, 1.165) is 0 Å². The Hall–Kier alpha value is -1.47. The monoisotopic (exact) mass is 316 g/mol. The van der Waals surface area contributed by atoms with Crippen molar-refractivity contribution < 1.29 is 14.8 Å². The lowest BCUT2D eigenvalue weighted by atomic mass is 10.2. The van der Waals surface area contributed by atoms with Gasteiger partial charge in [-0.1, -0.05) is 6.07 Å². The molecule has 0 aliphatic carbocycles. The number of nitro benzene ring substituents is 1. The molecule has 0 heterocycles. The highest BCUT2D eigenvalue weighted by molar-refractivity contribution is 9.10. The summed E-state index contributed by atoms with van der Waals surface area (Å²) in [5.74, 6) is -0.411. The van der Waals surface area contributed by atoms with Crippen LogP contribution in [-0.2, 0) is 0 Å². The Bertz CT molecular complexity index is 462. The fraction of sp³-hybridized carbons (Fsp3) is 0.364. The van der Waals surface area contributed by atoms with Crippen molar-refractivity contribution in [2.24, 2.45) is 0 Å². The maximum absolute atomic E-state index is 11.8. The summed E-state index contributed by atoms with van der Waals surface area (Å²) in [6.07, 6.45) is -0.0722. The quantitative estimate of drug-likeness (QED) is 0.640. The van der Waals surface area contributed by atoms with Gasteiger partial charge in [-0.25, -0.2) is 0 Å². The van der Waals surface area contributed by atoms with Crippen LogP contribution in [0.25, 0.3) is 0 Å². The van der Waals surface area contributed by atoms with Crippen LogP contribution in [0.1, 0.15) is 23.7 Å². The summed E-state index contributed by atoms with van der Waals surface area (Å²) in [5, 5.41) is 22.4. The number of aliphatic hydroxyl groups is 1. The molecular formula is C11H13BrN2O4. The van der Waals surface area contributed by atoms with Gasteiger partial charge in [-0.2, -0.15) is 0 Å². The van der Waals surface area contributed by atoms with E-state index in [4.69, 9.17) is 5.11 Å². The molecular weight excluding hydrogens is 304 g/mol. The van der Waals surface area contributed by atoms with Gasteiger partial charge in [0.1, 0.15) is 4.47 Å². The normalized spacial score (nSPS) is 11.9. The van der Waals surface area contributed by atoms with Gasteiger partial charge in [0.15, 0.2) is 0 Å². The first-order valence-corrected chi connectivity index (χ1v) is 6.12. The molecule has 18 heavy (non-hydrogen) atoms. The molecule has 0 aliphatic rings. The third-order valence-corrected chi connectivity index (χ3v) is 3.10. The van der Waals surface area contributed by atoms with E-state index in [1.807, 2.05) is 0 Å². The summed E-state index contributed by atoms with van der Waals surface area (Å²) >= 11 is 3.05. The number of nitro groups is 1. The molecule has 1 rings (SSSR count). The number of amides is 1. The maximum atomic E-state index is 11.8. The second kappa shape index (κ2) is 6.46. The summed E-state index contributed by atoms with van der Waals surface area (Å²) in [4.78, 5) is 21.9. The SMILES string of the molecule is CC(O)CCNC(=O)c1cccc([N+](=O)[O-])c1Br. The number of nitrogens with zero attached hydrogens (tertiary/aromatic N) is 1. The molecule has 0 aromatic heterocycles. The number of aliphatic hydroxyl groups excluding tert-OH is 1. The van der Waals surface area contributed by atoms with Gasteiger partial charge in [0.25, 0.3) is 11.6 Å². The van der Waals surface area contributed by atoms with Crippen molar-refractivity contribution in [1.82, 2.24) is 5.32 Å². The molecule has 1 unspecified atom stereocenters. The van der Waals surface area contributed by atoms with E-state index in [0.29, 0.717) is 13.0 Å². The largest absolute Gasteiger partial charge is 0.393 e. The van der Waals surface area contributed by atoms with E-state index in [1.165, 1.54) is 18.2 Å². The summed E-state index contributed by atoms with van der Waals surface area (Å²) in [7, 11) is 0. The molecule has 1 aromatic rings. The molecule has 6 nitrogen and oxygen atoms in total. The van der Waals surface area contributed by atoms with Crippen molar-refractivity contribution in [2.75, 3.05) is 6.54 Å². The van der Waals surface area contributed by atoms with E-state index in [1.54, 1.807) is 6.92 Å². The number of benzene rings is 1. The molecule has 0 fully saturated rings. The Morgan fingerprint density at radius 3 is 2.83 bits per heavy atom. The predicted octanol–water partition coefficient (Wildman–Crippen LogP) is 1.86. The average molecular weight is 317 g/mol. The molecule has 0 saturated carbocycles. The second-order valence-electron chi connectivity index (χ2n) is 3.79. The molecule has 1 atom stereocenters. The van der Waals surface area contributed by atoms with Crippen LogP contribution in [-0.4, -0.2) is 28.6 Å². The van der Waals surface area contributed by atoms with Gasteiger partial charge in [-0.3, -0.25) is 14.9 Å². The minimum absolute atomic E-state index is 0.154. The van der Waals surface area contributed by atoms with Crippen LogP contribution < -0.4 is 5.32 Å². The van der Waals surface area contributed by atoms with Crippen LogP contribution in [0.15, 0.2) is 22.7 Å². The third kappa shape index (κ3) is 3.78. The van der Waals surface area contributed by atoms with Crippen LogP contribution in [0.2, 0.25) is 0 Å². The van der Waals surface area contributed by atoms with Gasteiger partial charge in [0.05, 0.1) is 16.6 Å². The number of nitrogens with one attached hydrogen (secondary N) is 1. The zero-order valence-corrected chi connectivity index (χ0v) is 11.3. The van der Waals surface area contributed by atoms with Gasteiger partial charge >= 0.3 is 0 Å². The standard InChI is InChI=1S/C11H13BrN2O4/c1-7(15)5-6-13-11(16)8-3-2-4-9(10(8)12)14(17)18/h2-4,7,15H,5-6H2,1H3,(H,13,16). The first-order valence-electron chi connectivity index (χ1n) is 5.32. The highest BCUT2D eigenvalue weighted by Gasteiger charge is 2.19. The molecule has 7 heteroatoms. The molecule has 0 spiro atoms. The van der Waals surface area contributed by atoms with Gasteiger partial charge < -0.3 is 10.4 Å². The van der Waals surface area contributed by atoms with Crippen LogP contribution in [0, 0.1) is 10.1 Å². The van der Waals surface area contributed by atoms with Crippen molar-refractivity contribution in [3.63, 3.8) is 0 Å². The van der Waals surface area contributed by atoms with Gasteiger partial charge in [-0.05, 0) is 35.3 Å². The third-order valence-electron chi connectivity index (χ3n) is 2.27. The first kappa shape index (κ1) is 14.6. The fourth-order valence-corrected chi connectivity index (χ4v) is 1.92. The molecule has 0 saturated heterocycles. The smallest absolute Gasteiger partial charge is 0.284 e. The van der Waals surface area contributed by atoms with Gasteiger partial charge in [-0.15, -0.1) is 0 Å². The molecule has 1 amide bonds. The summed E-state index contributed by atoms with van der Waals surface area (Å²) in [5.41, 5.74) is 0.0490. The average Bonchev–Trinajstić information content (AvgIpc) is 2.28. The van der Waals surface area contributed by atoms with Crippen LogP contribution in [0.3, 0.4) is 0 Å². The molecule has 1 aromatic carbocycles. The van der Waals surface area contributed by atoms with E-state index < -0.39 is 16.9 Å². The van der Waals surface area contributed by atoms with Crippen LogP contribution in [0.4, 0.5) is 5.69 Å². The number of halogens is 1. The summed E-state index contributed by atoms with van der Waals surface area (Å²) < 4.78 is 0.157. The Kier molecular flexibility index (Phi) is 5.24. The van der Waals surface area contributed by atoms with Crippen LogP contribution in [0.5, 0.6) is 0 Å². The zero-order chi connectivity index (χ0) is 13.7. The van der Waals surface area contributed by atoms with Crippen molar-refractivity contribution in [1.29, 1.82) is 0 Å². The van der Waals surface area contributed by atoms with Crippen LogP contribution >= 0.6 is 15.9 Å². The first-order chi connectivity index (χ1) is 8.43. The van der Waals surface area contributed by atoms with Crippen molar-refractivity contribution >= 4 is 27.5 Å². The lowest BCUT2D eigenvalue weighted by Crippen LogP contribution is -2.26. The van der Waals surface area contributed by atoms with Crippen molar-refractivity contribution in [3.8, 4) is 0 Å². The number of carbonyl (C=O) groups excluding carboxylic acids is 1. The van der Waals surface area contributed by atoms with Crippen molar-refractivity contribution in [2.45, 2.75) is 19.4 Å². The topological polar surface area (TPSA) is 92.5 Å². The van der Waals surface area contributed by atoms with E-state index >= 15 is 0 Å².